The molecule has 1 spiro atoms. The van der Waals surface area contributed by atoms with Crippen LogP contribution < -0.4 is 10.9 Å². The van der Waals surface area contributed by atoms with Crippen molar-refractivity contribution in [3.05, 3.63) is 53.1 Å². The number of halogens is 1. The molecule has 7 nitrogen and oxygen atoms in total. The maximum Gasteiger partial charge on any atom is 0.317 e. The maximum absolute atomic E-state index is 14.0. The summed E-state index contributed by atoms with van der Waals surface area (Å²) < 4.78 is 15.4. The van der Waals surface area contributed by atoms with E-state index in [0.29, 0.717) is 38.0 Å². The number of hydrogen-bond acceptors (Lipinski definition) is 4. The van der Waals surface area contributed by atoms with Gasteiger partial charge in [-0.05, 0) is 32.1 Å². The Balaban J connectivity index is 1.33. The molecule has 33 heavy (non-hydrogen) atoms. The molecule has 1 saturated heterocycles. The van der Waals surface area contributed by atoms with Gasteiger partial charge in [0.25, 0.3) is 5.56 Å². The number of aromatic nitrogens is 2. The fourth-order valence-corrected chi connectivity index (χ4v) is 5.52. The SMILES string of the molecule is O=C(NCC1(F)CC1)N1CCC(O)(Cn2cnc(-c3ccccc3)cc2=O)C2(CCCC2)C1. The van der Waals surface area contributed by atoms with Crippen LogP contribution in [-0.4, -0.2) is 56.5 Å². The molecule has 2 aliphatic carbocycles. The van der Waals surface area contributed by atoms with Gasteiger partial charge in [-0.25, -0.2) is 14.2 Å². The van der Waals surface area contributed by atoms with Crippen LogP contribution in [0.3, 0.4) is 0 Å². The van der Waals surface area contributed by atoms with Gasteiger partial charge in [-0.1, -0.05) is 43.2 Å². The molecule has 1 aliphatic heterocycles. The number of aliphatic hydroxyl groups is 1. The number of nitrogens with one attached hydrogen (secondary N) is 1. The predicted molar refractivity (Wildman–Crippen MR) is 122 cm³/mol. The van der Waals surface area contributed by atoms with E-state index in [4.69, 9.17) is 0 Å². The van der Waals surface area contributed by atoms with E-state index in [0.717, 1.165) is 31.2 Å². The van der Waals surface area contributed by atoms with Crippen molar-refractivity contribution < 1.29 is 14.3 Å². The number of piperidine rings is 1. The summed E-state index contributed by atoms with van der Waals surface area (Å²) in [5.41, 5.74) is -1.56. The molecule has 1 aromatic carbocycles. The Morgan fingerprint density at radius 3 is 2.52 bits per heavy atom. The first-order valence-electron chi connectivity index (χ1n) is 11.9. The smallest absolute Gasteiger partial charge is 0.317 e. The second-order valence-corrected chi connectivity index (χ2v) is 10.1. The van der Waals surface area contributed by atoms with Gasteiger partial charge in [0.1, 0.15) is 5.67 Å². The van der Waals surface area contributed by atoms with Crippen LogP contribution in [0.25, 0.3) is 11.3 Å². The van der Waals surface area contributed by atoms with E-state index in [-0.39, 0.29) is 24.7 Å². The molecule has 2 amide bonds. The quantitative estimate of drug-likeness (QED) is 0.727. The van der Waals surface area contributed by atoms with Crippen molar-refractivity contribution in [2.45, 2.75) is 62.8 Å². The summed E-state index contributed by atoms with van der Waals surface area (Å²) >= 11 is 0. The highest BCUT2D eigenvalue weighted by atomic mass is 19.1. The Morgan fingerprint density at radius 1 is 1.12 bits per heavy atom. The van der Waals surface area contributed by atoms with Crippen molar-refractivity contribution in [2.75, 3.05) is 19.6 Å². The van der Waals surface area contributed by atoms with Crippen molar-refractivity contribution >= 4 is 6.03 Å². The molecule has 0 bridgehead atoms. The summed E-state index contributed by atoms with van der Waals surface area (Å²) in [4.78, 5) is 31.8. The number of alkyl halides is 1. The van der Waals surface area contributed by atoms with Gasteiger partial charge in [-0.2, -0.15) is 0 Å². The van der Waals surface area contributed by atoms with Crippen LogP contribution in [0.1, 0.15) is 44.9 Å². The highest BCUT2D eigenvalue weighted by Gasteiger charge is 2.56. The molecule has 1 unspecified atom stereocenters. The van der Waals surface area contributed by atoms with Gasteiger partial charge in [0.05, 0.1) is 30.7 Å². The lowest BCUT2D eigenvalue weighted by Crippen LogP contribution is -2.63. The standard InChI is InChI=1S/C25H31FN4O3/c26-24(10-11-24)15-27-22(32)29-13-12-25(33,23(16-29)8-4-5-9-23)17-30-18-28-20(14-21(30)31)19-6-2-1-3-7-19/h1-3,6-7,14,18,33H,4-5,8-13,15-17H2,(H,27,32). The summed E-state index contributed by atoms with van der Waals surface area (Å²) in [6.45, 7) is 0.984. The molecule has 0 radical (unpaired) electrons. The topological polar surface area (TPSA) is 87.5 Å². The van der Waals surface area contributed by atoms with E-state index >= 15 is 0 Å². The van der Waals surface area contributed by atoms with Crippen LogP contribution in [-0.2, 0) is 6.54 Å². The molecular formula is C25H31FN4O3. The number of carbonyl (C=O) groups is 1. The Labute approximate surface area is 192 Å². The highest BCUT2D eigenvalue weighted by Crippen LogP contribution is 2.51. The highest BCUT2D eigenvalue weighted by molar-refractivity contribution is 5.74. The summed E-state index contributed by atoms with van der Waals surface area (Å²) in [5, 5.41) is 14.6. The first kappa shape index (κ1) is 22.1. The van der Waals surface area contributed by atoms with E-state index in [1.165, 1.54) is 17.0 Å². The minimum absolute atomic E-state index is 0.0500. The van der Waals surface area contributed by atoms with Gasteiger partial charge in [0.2, 0.25) is 0 Å². The van der Waals surface area contributed by atoms with Gasteiger partial charge < -0.3 is 15.3 Å². The Hall–Kier alpha value is -2.74. The van der Waals surface area contributed by atoms with E-state index in [1.54, 1.807) is 4.90 Å². The summed E-state index contributed by atoms with van der Waals surface area (Å²) in [6.07, 6.45) is 6.44. The number of likely N-dealkylation sites (tertiary alicyclic amines) is 1. The summed E-state index contributed by atoms with van der Waals surface area (Å²) in [7, 11) is 0. The molecule has 8 heteroatoms. The lowest BCUT2D eigenvalue weighted by molar-refractivity contribution is -0.135. The molecule has 1 atom stereocenters. The number of amides is 2. The molecule has 3 fully saturated rings. The molecule has 3 aliphatic rings. The normalized spacial score (nSPS) is 25.2. The third-order valence-electron chi connectivity index (χ3n) is 7.85. The third-order valence-corrected chi connectivity index (χ3v) is 7.85. The first-order valence-corrected chi connectivity index (χ1v) is 11.9. The van der Waals surface area contributed by atoms with Crippen LogP contribution in [0.15, 0.2) is 47.5 Å². The number of urea groups is 1. The molecule has 2 aromatic rings. The van der Waals surface area contributed by atoms with Gasteiger partial charge in [0.15, 0.2) is 0 Å². The van der Waals surface area contributed by atoms with E-state index < -0.39 is 16.7 Å². The molecule has 5 rings (SSSR count). The second-order valence-electron chi connectivity index (χ2n) is 10.1. The average Bonchev–Trinajstić information content (AvgIpc) is 3.36. The summed E-state index contributed by atoms with van der Waals surface area (Å²) in [5.74, 6) is 0. The van der Waals surface area contributed by atoms with Crippen molar-refractivity contribution in [1.82, 2.24) is 19.8 Å². The monoisotopic (exact) mass is 454 g/mol. The predicted octanol–water partition coefficient (Wildman–Crippen LogP) is 3.12. The van der Waals surface area contributed by atoms with Crippen LogP contribution in [0.4, 0.5) is 9.18 Å². The van der Waals surface area contributed by atoms with Crippen LogP contribution in [0.2, 0.25) is 0 Å². The van der Waals surface area contributed by atoms with Crippen LogP contribution in [0.5, 0.6) is 0 Å². The van der Waals surface area contributed by atoms with Crippen molar-refractivity contribution in [2.24, 2.45) is 5.41 Å². The Kier molecular flexibility index (Phi) is 5.51. The zero-order chi connectivity index (χ0) is 23.1. The zero-order valence-corrected chi connectivity index (χ0v) is 18.8. The minimum Gasteiger partial charge on any atom is -0.387 e. The maximum atomic E-state index is 14.0. The number of hydrogen-bond donors (Lipinski definition) is 2. The summed E-state index contributed by atoms with van der Waals surface area (Å²) in [6, 6.07) is 10.8. The lowest BCUT2D eigenvalue weighted by Gasteiger charge is -2.52. The van der Waals surface area contributed by atoms with Gasteiger partial charge in [0, 0.05) is 30.1 Å². The van der Waals surface area contributed by atoms with E-state index in [2.05, 4.69) is 10.3 Å². The third kappa shape index (κ3) is 4.28. The molecule has 176 valence electrons. The minimum atomic E-state index is -1.24. The molecule has 2 heterocycles. The van der Waals surface area contributed by atoms with Crippen LogP contribution in [0, 0.1) is 5.41 Å². The van der Waals surface area contributed by atoms with E-state index in [9.17, 15) is 19.1 Å². The van der Waals surface area contributed by atoms with Gasteiger partial charge in [-0.15, -0.1) is 0 Å². The first-order chi connectivity index (χ1) is 15.8. The lowest BCUT2D eigenvalue weighted by atomic mass is 9.66. The molecule has 2 saturated carbocycles. The number of nitrogens with zero attached hydrogens (tertiary/aromatic N) is 3. The molecule has 1 aromatic heterocycles. The van der Waals surface area contributed by atoms with Crippen molar-refractivity contribution in [1.29, 1.82) is 0 Å². The van der Waals surface area contributed by atoms with Crippen LogP contribution >= 0.6 is 0 Å². The zero-order valence-electron chi connectivity index (χ0n) is 18.8. The molecule has 2 N–H and O–H groups in total. The molecular weight excluding hydrogens is 423 g/mol. The van der Waals surface area contributed by atoms with E-state index in [1.807, 2.05) is 30.3 Å². The van der Waals surface area contributed by atoms with Gasteiger partial charge in [-0.3, -0.25) is 9.36 Å². The van der Waals surface area contributed by atoms with Gasteiger partial charge >= 0.3 is 6.03 Å². The second kappa shape index (κ2) is 8.24. The largest absolute Gasteiger partial charge is 0.387 e. The van der Waals surface area contributed by atoms with Crippen molar-refractivity contribution in [3.8, 4) is 11.3 Å². The number of benzene rings is 1. The fourth-order valence-electron chi connectivity index (χ4n) is 5.52. The average molecular weight is 455 g/mol. The Morgan fingerprint density at radius 2 is 1.85 bits per heavy atom. The number of carbonyl (C=O) groups excluding carboxylic acids is 1. The van der Waals surface area contributed by atoms with Crippen molar-refractivity contribution in [3.63, 3.8) is 0 Å². The number of rotatable bonds is 5. The fraction of sp³-hybridized carbons (Fsp3) is 0.560. The Bertz CT molecular complexity index is 1080.